The van der Waals surface area contributed by atoms with E-state index in [2.05, 4.69) is 54.2 Å². The smallest absolute Gasteiger partial charge is 0.262 e. The van der Waals surface area contributed by atoms with Crippen LogP contribution in [0.25, 0.3) is 0 Å². The quantitative estimate of drug-likeness (QED) is 0.227. The van der Waals surface area contributed by atoms with Gasteiger partial charge in [-0.2, -0.15) is 5.26 Å². The Morgan fingerprint density at radius 3 is 2.14 bits per heavy atom. The number of piperidine rings is 2. The van der Waals surface area contributed by atoms with Crippen molar-refractivity contribution in [3.8, 4) is 11.8 Å². The number of amides is 5. The summed E-state index contributed by atoms with van der Waals surface area (Å²) in [6.45, 7) is 12.7. The van der Waals surface area contributed by atoms with Crippen LogP contribution in [-0.4, -0.2) is 77.2 Å². The third kappa shape index (κ3) is 7.13. The first kappa shape index (κ1) is 39.6. The molecule has 1 atom stereocenters. The normalized spacial score (nSPS) is 23.8. The number of nitriles is 1. The summed E-state index contributed by atoms with van der Waals surface area (Å²) in [6, 6.07) is 17.6. The maximum atomic E-state index is 13.5. The van der Waals surface area contributed by atoms with Gasteiger partial charge in [-0.1, -0.05) is 39.3 Å². The number of nitrogens with zero attached hydrogens (tertiary/aromatic N) is 4. The van der Waals surface area contributed by atoms with Crippen molar-refractivity contribution in [2.24, 2.45) is 16.7 Å². The largest absolute Gasteiger partial charge is 0.489 e. The van der Waals surface area contributed by atoms with Gasteiger partial charge in [0.1, 0.15) is 24.0 Å². The van der Waals surface area contributed by atoms with Gasteiger partial charge in [-0.15, -0.1) is 0 Å². The summed E-state index contributed by atoms with van der Waals surface area (Å²) in [7, 11) is 0. The second-order valence-electron chi connectivity index (χ2n) is 17.7. The number of imide groups is 2. The Morgan fingerprint density at radius 1 is 0.914 bits per heavy atom. The third-order valence-corrected chi connectivity index (χ3v) is 13.5. The molecule has 1 saturated carbocycles. The van der Waals surface area contributed by atoms with E-state index in [-0.39, 0.29) is 47.6 Å². The number of hydrogen-bond acceptors (Lipinski definition) is 9. The number of fused-ring (bicyclic) bond motifs is 2. The van der Waals surface area contributed by atoms with Crippen molar-refractivity contribution in [1.82, 2.24) is 20.4 Å². The van der Waals surface area contributed by atoms with Gasteiger partial charge in [-0.25, -0.2) is 0 Å². The Kier molecular flexibility index (Phi) is 10.3. The summed E-state index contributed by atoms with van der Waals surface area (Å²) in [5.74, 6) is -0.783. The Hall–Kier alpha value is -5.25. The highest BCUT2D eigenvalue weighted by Gasteiger charge is 2.64. The fraction of sp³-hybridized carbons (Fsp3) is 0.467. The molecule has 12 nitrogen and oxygen atoms in total. The lowest BCUT2D eigenvalue weighted by Crippen LogP contribution is -2.74. The van der Waals surface area contributed by atoms with Crippen LogP contribution in [0.5, 0.6) is 5.75 Å². The highest BCUT2D eigenvalue weighted by Crippen LogP contribution is 2.55. The van der Waals surface area contributed by atoms with E-state index in [4.69, 9.17) is 16.3 Å². The van der Waals surface area contributed by atoms with E-state index in [0.29, 0.717) is 38.9 Å². The van der Waals surface area contributed by atoms with Crippen molar-refractivity contribution in [3.05, 3.63) is 93.0 Å². The maximum absolute atomic E-state index is 13.5. The number of hydrogen-bond donors (Lipinski definition) is 2. The van der Waals surface area contributed by atoms with E-state index in [0.717, 1.165) is 80.1 Å². The van der Waals surface area contributed by atoms with Gasteiger partial charge in [0.25, 0.3) is 17.7 Å². The van der Waals surface area contributed by atoms with E-state index in [1.807, 2.05) is 36.4 Å². The van der Waals surface area contributed by atoms with Crippen molar-refractivity contribution in [2.75, 3.05) is 24.5 Å². The average molecular weight is 805 g/mol. The molecule has 8 rings (SSSR count). The number of carbonyl (C=O) groups excluding carboxylic acids is 5. The minimum Gasteiger partial charge on any atom is -0.489 e. The molecule has 0 bridgehead atoms. The van der Waals surface area contributed by atoms with Crippen molar-refractivity contribution in [1.29, 1.82) is 5.26 Å². The average Bonchev–Trinajstić information content (AvgIpc) is 3.71. The van der Waals surface area contributed by atoms with Crippen LogP contribution in [0.3, 0.4) is 0 Å². The Morgan fingerprint density at radius 2 is 1.55 bits per heavy atom. The van der Waals surface area contributed by atoms with Gasteiger partial charge < -0.3 is 15.0 Å². The molecule has 0 aromatic heterocycles. The van der Waals surface area contributed by atoms with Crippen LogP contribution < -0.4 is 20.3 Å². The molecular weight excluding hydrogens is 756 g/mol. The van der Waals surface area contributed by atoms with E-state index in [1.165, 1.54) is 0 Å². The topological polar surface area (TPSA) is 152 Å². The summed E-state index contributed by atoms with van der Waals surface area (Å²) in [6.07, 6.45) is 4.47. The molecule has 4 aliphatic heterocycles. The Balaban J connectivity index is 0.778. The lowest BCUT2D eigenvalue weighted by Gasteiger charge is -2.63. The SMILES string of the molecule is CC1(C)[C@H](NC(=O)c2ccc(N3CCC(CCCN4Cc5cc6c(cc5C4)C(=O)N([C@@H]4CCC(=O)NC4=O)C6=O)CC3)cc2)C(C)(C)[C@H]1Oc1ccc(C#N)c(Cl)c1. The predicted octanol–water partition coefficient (Wildman–Crippen LogP) is 6.24. The molecule has 0 unspecified atom stereocenters. The van der Waals surface area contributed by atoms with E-state index in [9.17, 15) is 29.2 Å². The van der Waals surface area contributed by atoms with Crippen LogP contribution in [0.1, 0.15) is 114 Å². The molecule has 5 aliphatic rings. The molecular formula is C45H49ClN6O6. The van der Waals surface area contributed by atoms with Crippen LogP contribution in [-0.2, 0) is 22.7 Å². The lowest BCUT2D eigenvalue weighted by molar-refractivity contribution is -0.164. The summed E-state index contributed by atoms with van der Waals surface area (Å²) in [5, 5.41) is 15.1. The van der Waals surface area contributed by atoms with Gasteiger partial charge >= 0.3 is 0 Å². The molecule has 58 heavy (non-hydrogen) atoms. The van der Waals surface area contributed by atoms with Crippen molar-refractivity contribution >= 4 is 46.8 Å². The molecule has 0 radical (unpaired) electrons. The maximum Gasteiger partial charge on any atom is 0.262 e. The zero-order valence-corrected chi connectivity index (χ0v) is 34.2. The van der Waals surface area contributed by atoms with Crippen molar-refractivity contribution < 1.29 is 28.7 Å². The Bertz CT molecular complexity index is 2180. The molecule has 2 saturated heterocycles. The van der Waals surface area contributed by atoms with E-state index < -0.39 is 23.8 Å². The third-order valence-electron chi connectivity index (χ3n) is 13.2. The van der Waals surface area contributed by atoms with Crippen LogP contribution >= 0.6 is 11.6 Å². The molecule has 2 N–H and O–H groups in total. The first-order valence-electron chi connectivity index (χ1n) is 20.3. The van der Waals surface area contributed by atoms with Crippen LogP contribution in [0.15, 0.2) is 54.6 Å². The number of nitrogens with one attached hydrogen (secondary N) is 2. The number of carbonyl (C=O) groups is 5. The number of anilines is 1. The van der Waals surface area contributed by atoms with Crippen molar-refractivity contribution in [3.63, 3.8) is 0 Å². The summed E-state index contributed by atoms with van der Waals surface area (Å²) < 4.78 is 6.38. The fourth-order valence-corrected chi connectivity index (χ4v) is 10.5. The minimum absolute atomic E-state index is 0.100. The van der Waals surface area contributed by atoms with Crippen LogP contribution in [0.2, 0.25) is 5.02 Å². The monoisotopic (exact) mass is 804 g/mol. The first-order chi connectivity index (χ1) is 27.6. The van der Waals surface area contributed by atoms with Crippen LogP contribution in [0.4, 0.5) is 5.69 Å². The molecule has 4 heterocycles. The van der Waals surface area contributed by atoms with Gasteiger partial charge in [0, 0.05) is 66.8 Å². The van der Waals surface area contributed by atoms with Gasteiger partial charge in [-0.3, -0.25) is 39.1 Å². The van der Waals surface area contributed by atoms with Crippen LogP contribution in [0, 0.1) is 28.1 Å². The molecule has 0 spiro atoms. The Labute approximate surface area is 343 Å². The number of ether oxygens (including phenoxy) is 1. The second-order valence-corrected chi connectivity index (χ2v) is 18.2. The molecule has 3 aromatic rings. The van der Waals surface area contributed by atoms with Gasteiger partial charge in [0.2, 0.25) is 11.8 Å². The molecule has 1 aliphatic carbocycles. The highest BCUT2D eigenvalue weighted by molar-refractivity contribution is 6.31. The summed E-state index contributed by atoms with van der Waals surface area (Å²) in [4.78, 5) is 69.8. The van der Waals surface area contributed by atoms with Gasteiger partial charge in [-0.05, 0) is 104 Å². The first-order valence-corrected chi connectivity index (χ1v) is 20.7. The van der Waals surface area contributed by atoms with Crippen molar-refractivity contribution in [2.45, 2.75) is 97.5 Å². The minimum atomic E-state index is -0.957. The second kappa shape index (κ2) is 15.2. The molecule has 13 heteroatoms. The predicted molar refractivity (Wildman–Crippen MR) is 217 cm³/mol. The highest BCUT2D eigenvalue weighted by atomic mass is 35.5. The summed E-state index contributed by atoms with van der Waals surface area (Å²) >= 11 is 6.25. The molecule has 302 valence electrons. The van der Waals surface area contributed by atoms with Gasteiger partial charge in [0.05, 0.1) is 21.7 Å². The van der Waals surface area contributed by atoms with E-state index in [1.54, 1.807) is 18.2 Å². The fourth-order valence-electron chi connectivity index (χ4n) is 10.3. The standard InChI is InChI=1S/C45H49ClN6O6/c1-44(2)42(45(3,4)43(44)58-32-12-9-28(23-47)35(46)22-32)49-38(54)27-7-10-31(11-8-27)51-18-15-26(16-19-51)6-5-17-50-24-29-20-33-34(21-30(29)25-50)41(57)52(40(33)56)36-13-14-37(53)48-39(36)55/h7-12,20-22,26,36,42-43H,5-6,13-19,24-25H2,1-4H3,(H,49,54)(H,48,53,55)/t36-,42-,43-/m1/s1. The zero-order valence-electron chi connectivity index (χ0n) is 33.4. The van der Waals surface area contributed by atoms with Gasteiger partial charge in [0.15, 0.2) is 0 Å². The number of rotatable bonds is 10. The molecule has 3 fully saturated rings. The number of benzene rings is 3. The van der Waals surface area contributed by atoms with E-state index >= 15 is 0 Å². The number of halogens is 1. The molecule has 3 aromatic carbocycles. The summed E-state index contributed by atoms with van der Waals surface area (Å²) in [5.41, 5.74) is 4.21. The lowest BCUT2D eigenvalue weighted by atomic mass is 9.49. The zero-order chi connectivity index (χ0) is 41.1. The molecule has 5 amide bonds.